The number of carbonyl (C=O) groups is 2. The number of nitrogens with one attached hydrogen (secondary N) is 2. The van der Waals surface area contributed by atoms with Gasteiger partial charge in [0.15, 0.2) is 0 Å². The highest BCUT2D eigenvalue weighted by Crippen LogP contribution is 2.27. The van der Waals surface area contributed by atoms with Crippen molar-refractivity contribution in [2.45, 2.75) is 26.0 Å². The second kappa shape index (κ2) is 12.6. The van der Waals surface area contributed by atoms with Gasteiger partial charge in [-0.05, 0) is 61.4 Å². The number of likely N-dealkylation sites (N-methyl/N-ethyl adjacent to an activating group) is 1. The van der Waals surface area contributed by atoms with E-state index in [1.807, 2.05) is 37.3 Å². The highest BCUT2D eigenvalue weighted by Gasteiger charge is 2.25. The van der Waals surface area contributed by atoms with Crippen LogP contribution in [0.2, 0.25) is 0 Å². The molecule has 38 heavy (non-hydrogen) atoms. The first-order valence-corrected chi connectivity index (χ1v) is 12.8. The van der Waals surface area contributed by atoms with Gasteiger partial charge < -0.3 is 29.7 Å². The zero-order valence-corrected chi connectivity index (χ0v) is 22.3. The normalized spacial score (nSPS) is 20.4. The number of hydrogen-bond acceptors (Lipinski definition) is 6. The zero-order chi connectivity index (χ0) is 27.1. The third-order valence-corrected chi connectivity index (χ3v) is 6.58. The molecule has 8 heteroatoms. The highest BCUT2D eigenvalue weighted by atomic mass is 16.5. The SMILES string of the molecule is CO[C@H]1CN(C)C(=O)c2ccc(NC(=O)c3ccc(Oc4ccccc4)cc3)cc2OC[C@@H](C)NC[C@H]1C. The van der Waals surface area contributed by atoms with E-state index in [4.69, 9.17) is 14.2 Å². The molecule has 1 aliphatic heterocycles. The Bertz CT molecular complexity index is 1230. The van der Waals surface area contributed by atoms with Crippen molar-refractivity contribution in [1.82, 2.24) is 10.2 Å². The summed E-state index contributed by atoms with van der Waals surface area (Å²) in [5, 5.41) is 6.37. The smallest absolute Gasteiger partial charge is 0.257 e. The van der Waals surface area contributed by atoms with Crippen LogP contribution < -0.4 is 20.1 Å². The minimum Gasteiger partial charge on any atom is -0.491 e. The van der Waals surface area contributed by atoms with Crippen LogP contribution in [0.3, 0.4) is 0 Å². The zero-order valence-electron chi connectivity index (χ0n) is 22.3. The molecule has 3 atom stereocenters. The fourth-order valence-electron chi connectivity index (χ4n) is 4.24. The maximum Gasteiger partial charge on any atom is 0.257 e. The van der Waals surface area contributed by atoms with Crippen molar-refractivity contribution < 1.29 is 23.8 Å². The Balaban J connectivity index is 1.49. The molecule has 200 valence electrons. The lowest BCUT2D eigenvalue weighted by atomic mass is 10.0. The molecule has 0 fully saturated rings. The summed E-state index contributed by atoms with van der Waals surface area (Å²) in [6.45, 7) is 5.70. The minimum absolute atomic E-state index is 0.0601. The molecule has 0 unspecified atom stereocenters. The Kier molecular flexibility index (Phi) is 8.99. The summed E-state index contributed by atoms with van der Waals surface area (Å²) in [4.78, 5) is 27.9. The van der Waals surface area contributed by atoms with Gasteiger partial charge in [0, 0.05) is 50.6 Å². The molecule has 3 aromatic rings. The molecule has 0 radical (unpaired) electrons. The fraction of sp³-hybridized carbons (Fsp3) is 0.333. The summed E-state index contributed by atoms with van der Waals surface area (Å²) < 4.78 is 17.5. The van der Waals surface area contributed by atoms with Crippen LogP contribution >= 0.6 is 0 Å². The van der Waals surface area contributed by atoms with Crippen LogP contribution in [0.5, 0.6) is 17.2 Å². The Labute approximate surface area is 223 Å². The number of anilines is 1. The number of methoxy groups -OCH3 is 1. The lowest BCUT2D eigenvalue weighted by Crippen LogP contribution is -2.44. The number of benzene rings is 3. The maximum atomic E-state index is 13.3. The van der Waals surface area contributed by atoms with Gasteiger partial charge in [-0.15, -0.1) is 0 Å². The van der Waals surface area contributed by atoms with Gasteiger partial charge in [0.2, 0.25) is 0 Å². The summed E-state index contributed by atoms with van der Waals surface area (Å²) in [5.74, 6) is 1.55. The second-order valence-electron chi connectivity index (χ2n) is 9.66. The number of carbonyl (C=O) groups excluding carboxylic acids is 2. The lowest BCUT2D eigenvalue weighted by molar-refractivity contribution is 0.0281. The number of nitrogens with zero attached hydrogens (tertiary/aromatic N) is 1. The molecule has 1 heterocycles. The van der Waals surface area contributed by atoms with Crippen molar-refractivity contribution in [3.8, 4) is 17.2 Å². The third kappa shape index (κ3) is 6.90. The number of fused-ring (bicyclic) bond motifs is 1. The molecular weight excluding hydrogens is 482 g/mol. The van der Waals surface area contributed by atoms with E-state index < -0.39 is 0 Å². The molecule has 0 saturated carbocycles. The predicted octanol–water partition coefficient (Wildman–Crippen LogP) is 4.82. The molecule has 8 nitrogen and oxygen atoms in total. The average Bonchev–Trinajstić information content (AvgIpc) is 2.93. The molecule has 1 aliphatic rings. The van der Waals surface area contributed by atoms with E-state index in [9.17, 15) is 9.59 Å². The highest BCUT2D eigenvalue weighted by molar-refractivity contribution is 6.05. The van der Waals surface area contributed by atoms with Crippen LogP contribution in [0.25, 0.3) is 0 Å². The minimum atomic E-state index is -0.278. The van der Waals surface area contributed by atoms with E-state index in [2.05, 4.69) is 17.6 Å². The Morgan fingerprint density at radius 2 is 1.74 bits per heavy atom. The monoisotopic (exact) mass is 517 g/mol. The van der Waals surface area contributed by atoms with Crippen LogP contribution in [0, 0.1) is 5.92 Å². The van der Waals surface area contributed by atoms with Crippen molar-refractivity contribution in [3.63, 3.8) is 0 Å². The van der Waals surface area contributed by atoms with Gasteiger partial charge in [-0.1, -0.05) is 25.1 Å². The average molecular weight is 518 g/mol. The van der Waals surface area contributed by atoms with Crippen LogP contribution in [-0.4, -0.2) is 62.7 Å². The first kappa shape index (κ1) is 27.2. The van der Waals surface area contributed by atoms with Gasteiger partial charge in [0.25, 0.3) is 11.8 Å². The van der Waals surface area contributed by atoms with Crippen molar-refractivity contribution in [3.05, 3.63) is 83.9 Å². The van der Waals surface area contributed by atoms with Gasteiger partial charge in [-0.3, -0.25) is 9.59 Å². The second-order valence-corrected chi connectivity index (χ2v) is 9.66. The number of rotatable bonds is 5. The van der Waals surface area contributed by atoms with Crippen LogP contribution in [0.1, 0.15) is 34.6 Å². The van der Waals surface area contributed by atoms with Crippen molar-refractivity contribution in [2.75, 3.05) is 39.2 Å². The molecule has 3 aromatic carbocycles. The first-order chi connectivity index (χ1) is 18.3. The summed E-state index contributed by atoms with van der Waals surface area (Å²) >= 11 is 0. The molecular formula is C30H35N3O5. The Morgan fingerprint density at radius 1 is 1.03 bits per heavy atom. The van der Waals surface area contributed by atoms with E-state index in [1.54, 1.807) is 61.5 Å². The third-order valence-electron chi connectivity index (χ3n) is 6.58. The molecule has 0 bridgehead atoms. The standard InChI is InChI=1S/C30H35N3O5/c1-20-17-31-21(2)19-37-27-16-23(12-15-26(27)30(35)33(3)18-28(20)36-4)32-29(34)22-10-13-25(14-11-22)38-24-8-6-5-7-9-24/h5-16,20-21,28,31H,17-19H2,1-4H3,(H,32,34)/t20-,21-,28+/m1/s1. The molecule has 2 amide bonds. The van der Waals surface area contributed by atoms with E-state index in [0.717, 1.165) is 12.3 Å². The Hall–Kier alpha value is -3.88. The molecule has 0 aromatic heterocycles. The number of ether oxygens (including phenoxy) is 3. The van der Waals surface area contributed by atoms with Crippen LogP contribution in [0.4, 0.5) is 5.69 Å². The van der Waals surface area contributed by atoms with Crippen molar-refractivity contribution in [1.29, 1.82) is 0 Å². The molecule has 0 spiro atoms. The molecule has 2 N–H and O–H groups in total. The lowest BCUT2D eigenvalue weighted by Gasteiger charge is -2.30. The van der Waals surface area contributed by atoms with Crippen molar-refractivity contribution >= 4 is 17.5 Å². The topological polar surface area (TPSA) is 89.1 Å². The largest absolute Gasteiger partial charge is 0.491 e. The van der Waals surface area contributed by atoms with Gasteiger partial charge >= 0.3 is 0 Å². The van der Waals surface area contributed by atoms with Crippen molar-refractivity contribution in [2.24, 2.45) is 5.92 Å². The van der Waals surface area contributed by atoms with E-state index in [0.29, 0.717) is 41.5 Å². The number of amides is 2. The van der Waals surface area contributed by atoms with Gasteiger partial charge in [-0.2, -0.15) is 0 Å². The summed E-state index contributed by atoms with van der Waals surface area (Å²) in [7, 11) is 3.43. The van der Waals surface area contributed by atoms with Crippen LogP contribution in [-0.2, 0) is 4.74 Å². The Morgan fingerprint density at radius 3 is 2.45 bits per heavy atom. The summed E-state index contributed by atoms with van der Waals surface area (Å²) in [5.41, 5.74) is 1.44. The quantitative estimate of drug-likeness (QED) is 0.504. The number of para-hydroxylation sites is 1. The number of hydrogen-bond donors (Lipinski definition) is 2. The van der Waals surface area contributed by atoms with E-state index >= 15 is 0 Å². The summed E-state index contributed by atoms with van der Waals surface area (Å²) in [6, 6.07) is 21.5. The van der Waals surface area contributed by atoms with E-state index in [-0.39, 0.29) is 29.9 Å². The predicted molar refractivity (Wildman–Crippen MR) is 147 cm³/mol. The van der Waals surface area contributed by atoms with Gasteiger partial charge in [-0.25, -0.2) is 0 Å². The first-order valence-electron chi connectivity index (χ1n) is 12.8. The van der Waals surface area contributed by atoms with Crippen LogP contribution in [0.15, 0.2) is 72.8 Å². The fourth-order valence-corrected chi connectivity index (χ4v) is 4.24. The maximum absolute atomic E-state index is 13.3. The molecule has 0 aliphatic carbocycles. The summed E-state index contributed by atoms with van der Waals surface area (Å²) in [6.07, 6.45) is -0.101. The van der Waals surface area contributed by atoms with Gasteiger partial charge in [0.05, 0.1) is 11.7 Å². The van der Waals surface area contributed by atoms with E-state index in [1.165, 1.54) is 0 Å². The van der Waals surface area contributed by atoms with Gasteiger partial charge in [0.1, 0.15) is 23.9 Å². The molecule has 4 rings (SSSR count). The molecule has 0 saturated heterocycles.